The number of likely N-dealkylation sites (tertiary alicyclic amines) is 1. The third-order valence-electron chi connectivity index (χ3n) is 2.55. The Labute approximate surface area is 99.7 Å². The molecule has 1 fully saturated rings. The van der Waals surface area contributed by atoms with Gasteiger partial charge >= 0.3 is 12.0 Å². The fourth-order valence-electron chi connectivity index (χ4n) is 1.71. The fourth-order valence-corrected chi connectivity index (χ4v) is 2.18. The van der Waals surface area contributed by atoms with Crippen LogP contribution in [0.4, 0.5) is 4.79 Å². The van der Waals surface area contributed by atoms with Gasteiger partial charge in [-0.25, -0.2) is 18.0 Å². The first-order valence-electron chi connectivity index (χ1n) is 5.26. The molecule has 1 atom stereocenters. The van der Waals surface area contributed by atoms with E-state index < -0.39 is 27.9 Å². The number of nitrogens with one attached hydrogen (secondary N) is 1. The maximum Gasteiger partial charge on any atom is 0.326 e. The van der Waals surface area contributed by atoms with Crippen molar-refractivity contribution >= 4 is 21.8 Å². The molecule has 0 aromatic rings. The smallest absolute Gasteiger partial charge is 0.326 e. The highest BCUT2D eigenvalue weighted by atomic mass is 32.2. The second-order valence-electron chi connectivity index (χ2n) is 4.05. The number of urea groups is 1. The molecule has 1 rings (SSSR count). The van der Waals surface area contributed by atoms with Gasteiger partial charge in [-0.1, -0.05) is 0 Å². The first-order valence-corrected chi connectivity index (χ1v) is 7.32. The van der Waals surface area contributed by atoms with Gasteiger partial charge in [0.2, 0.25) is 0 Å². The van der Waals surface area contributed by atoms with E-state index in [-0.39, 0.29) is 12.3 Å². The van der Waals surface area contributed by atoms with Crippen LogP contribution in [-0.4, -0.2) is 61.6 Å². The monoisotopic (exact) mass is 264 g/mol. The molecular formula is C9H16N2O5S. The number of carbonyl (C=O) groups excluding carboxylic acids is 1. The van der Waals surface area contributed by atoms with Crippen LogP contribution in [0.15, 0.2) is 0 Å². The molecule has 1 saturated heterocycles. The predicted molar refractivity (Wildman–Crippen MR) is 60.5 cm³/mol. The van der Waals surface area contributed by atoms with Crippen LogP contribution in [0.3, 0.4) is 0 Å². The Bertz CT molecular complexity index is 406. The third-order valence-corrected chi connectivity index (χ3v) is 3.49. The lowest BCUT2D eigenvalue weighted by Crippen LogP contribution is -2.46. The van der Waals surface area contributed by atoms with Crippen molar-refractivity contribution < 1.29 is 23.1 Å². The molecule has 0 saturated carbocycles. The molecule has 0 aromatic carbocycles. The highest BCUT2D eigenvalue weighted by molar-refractivity contribution is 7.90. The minimum atomic E-state index is -3.12. The van der Waals surface area contributed by atoms with Gasteiger partial charge in [-0.15, -0.1) is 0 Å². The van der Waals surface area contributed by atoms with Crippen LogP contribution in [0.1, 0.15) is 12.8 Å². The molecule has 2 amide bonds. The van der Waals surface area contributed by atoms with E-state index in [0.717, 1.165) is 6.26 Å². The van der Waals surface area contributed by atoms with E-state index in [1.807, 2.05) is 0 Å². The Kier molecular flexibility index (Phi) is 4.33. The van der Waals surface area contributed by atoms with Crippen LogP contribution in [0, 0.1) is 0 Å². The lowest BCUT2D eigenvalue weighted by atomic mass is 10.2. The molecule has 2 N–H and O–H groups in total. The largest absolute Gasteiger partial charge is 0.480 e. The number of carboxylic acids is 1. The second kappa shape index (κ2) is 5.35. The maximum atomic E-state index is 11.6. The quantitative estimate of drug-likeness (QED) is 0.698. The summed E-state index contributed by atoms with van der Waals surface area (Å²) in [4.78, 5) is 23.7. The second-order valence-corrected chi connectivity index (χ2v) is 6.31. The molecular weight excluding hydrogens is 248 g/mol. The number of nitrogens with zero attached hydrogens (tertiary/aromatic N) is 1. The van der Waals surface area contributed by atoms with Crippen molar-refractivity contribution in [3.63, 3.8) is 0 Å². The van der Waals surface area contributed by atoms with Crippen LogP contribution in [0.2, 0.25) is 0 Å². The topological polar surface area (TPSA) is 104 Å². The average Bonchev–Trinajstić information content (AvgIpc) is 2.63. The van der Waals surface area contributed by atoms with Gasteiger partial charge < -0.3 is 15.3 Å². The molecule has 1 aliphatic heterocycles. The van der Waals surface area contributed by atoms with E-state index >= 15 is 0 Å². The van der Waals surface area contributed by atoms with Crippen molar-refractivity contribution in [2.75, 3.05) is 25.1 Å². The van der Waals surface area contributed by atoms with Gasteiger partial charge in [-0.3, -0.25) is 0 Å². The molecule has 0 radical (unpaired) electrons. The van der Waals surface area contributed by atoms with Gasteiger partial charge in [0, 0.05) is 19.3 Å². The van der Waals surface area contributed by atoms with Crippen LogP contribution in [0.25, 0.3) is 0 Å². The Balaban J connectivity index is 2.45. The van der Waals surface area contributed by atoms with E-state index in [1.54, 1.807) is 0 Å². The van der Waals surface area contributed by atoms with Crippen molar-refractivity contribution in [1.29, 1.82) is 0 Å². The van der Waals surface area contributed by atoms with E-state index in [1.165, 1.54) is 4.90 Å². The molecule has 0 aliphatic carbocycles. The summed E-state index contributed by atoms with van der Waals surface area (Å²) in [7, 11) is -3.12. The van der Waals surface area contributed by atoms with Gasteiger partial charge in [0.1, 0.15) is 15.9 Å². The summed E-state index contributed by atoms with van der Waals surface area (Å²) in [6.45, 7) is 0.391. The SMILES string of the molecule is CS(=O)(=O)CCNC(=O)N1CCC[C@H]1C(=O)O. The van der Waals surface area contributed by atoms with Crippen molar-refractivity contribution in [3.05, 3.63) is 0 Å². The van der Waals surface area contributed by atoms with E-state index in [4.69, 9.17) is 5.11 Å². The van der Waals surface area contributed by atoms with Gasteiger partial charge in [0.15, 0.2) is 0 Å². The number of aliphatic carboxylic acids is 1. The zero-order valence-corrected chi connectivity index (χ0v) is 10.4. The van der Waals surface area contributed by atoms with Gasteiger partial charge in [0.05, 0.1) is 5.75 Å². The molecule has 1 heterocycles. The van der Waals surface area contributed by atoms with Crippen LogP contribution >= 0.6 is 0 Å². The summed E-state index contributed by atoms with van der Waals surface area (Å²) < 4.78 is 21.7. The zero-order valence-electron chi connectivity index (χ0n) is 9.55. The number of amides is 2. The minimum absolute atomic E-state index is 0.000502. The zero-order chi connectivity index (χ0) is 13.1. The summed E-state index contributed by atoms with van der Waals surface area (Å²) in [6.07, 6.45) is 2.17. The summed E-state index contributed by atoms with van der Waals surface area (Å²) in [5, 5.41) is 11.3. The first-order chi connectivity index (χ1) is 7.81. The molecule has 0 spiro atoms. The minimum Gasteiger partial charge on any atom is -0.480 e. The number of carboxylic acid groups (broad SMARTS) is 1. The van der Waals surface area contributed by atoms with Crippen LogP contribution in [0.5, 0.6) is 0 Å². The molecule has 98 valence electrons. The lowest BCUT2D eigenvalue weighted by molar-refractivity contribution is -0.141. The summed E-state index contributed by atoms with van der Waals surface area (Å²) >= 11 is 0. The third kappa shape index (κ3) is 4.22. The Morgan fingerprint density at radius 1 is 1.47 bits per heavy atom. The van der Waals surface area contributed by atoms with Crippen LogP contribution < -0.4 is 5.32 Å². The van der Waals surface area contributed by atoms with Crippen LogP contribution in [-0.2, 0) is 14.6 Å². The van der Waals surface area contributed by atoms with E-state index in [2.05, 4.69) is 5.32 Å². The number of hydrogen-bond acceptors (Lipinski definition) is 4. The van der Waals surface area contributed by atoms with Crippen molar-refractivity contribution in [2.24, 2.45) is 0 Å². The van der Waals surface area contributed by atoms with Crippen molar-refractivity contribution in [3.8, 4) is 0 Å². The number of sulfone groups is 1. The standard InChI is InChI=1S/C9H16N2O5S/c1-17(15,16)6-4-10-9(14)11-5-2-3-7(11)8(12)13/h7H,2-6H2,1H3,(H,10,14)(H,12,13)/t7-/m0/s1. The Hall–Kier alpha value is -1.31. The summed E-state index contributed by atoms with van der Waals surface area (Å²) in [5.41, 5.74) is 0. The van der Waals surface area contributed by atoms with Gasteiger partial charge in [-0.2, -0.15) is 0 Å². The Morgan fingerprint density at radius 2 is 2.12 bits per heavy atom. The summed E-state index contributed by atoms with van der Waals surface area (Å²) in [5.74, 6) is -1.18. The number of carbonyl (C=O) groups is 2. The molecule has 0 unspecified atom stereocenters. The molecule has 0 aromatic heterocycles. The van der Waals surface area contributed by atoms with E-state index in [9.17, 15) is 18.0 Å². The number of rotatable bonds is 4. The Morgan fingerprint density at radius 3 is 2.65 bits per heavy atom. The fraction of sp³-hybridized carbons (Fsp3) is 0.778. The van der Waals surface area contributed by atoms with E-state index in [0.29, 0.717) is 19.4 Å². The highest BCUT2D eigenvalue weighted by Gasteiger charge is 2.33. The predicted octanol–water partition coefficient (Wildman–Crippen LogP) is -0.710. The highest BCUT2D eigenvalue weighted by Crippen LogP contribution is 2.16. The van der Waals surface area contributed by atoms with Gasteiger partial charge in [-0.05, 0) is 12.8 Å². The molecule has 1 aliphatic rings. The molecule has 0 bridgehead atoms. The van der Waals surface area contributed by atoms with Crippen molar-refractivity contribution in [1.82, 2.24) is 10.2 Å². The van der Waals surface area contributed by atoms with Gasteiger partial charge in [0.25, 0.3) is 0 Å². The number of hydrogen-bond donors (Lipinski definition) is 2. The molecule has 17 heavy (non-hydrogen) atoms. The molecule has 7 nitrogen and oxygen atoms in total. The van der Waals surface area contributed by atoms with Crippen molar-refractivity contribution in [2.45, 2.75) is 18.9 Å². The lowest BCUT2D eigenvalue weighted by Gasteiger charge is -2.21. The average molecular weight is 264 g/mol. The summed E-state index contributed by atoms with van der Waals surface area (Å²) in [6, 6.07) is -1.31. The first kappa shape index (κ1) is 13.8. The normalized spacial score (nSPS) is 20.3. The molecule has 8 heteroatoms. The maximum absolute atomic E-state index is 11.6.